The fourth-order valence-corrected chi connectivity index (χ4v) is 2.57. The molecule has 0 aliphatic carbocycles. The highest BCUT2D eigenvalue weighted by Crippen LogP contribution is 2.14. The molecule has 0 saturated carbocycles. The Bertz CT molecular complexity index is 574. The summed E-state index contributed by atoms with van der Waals surface area (Å²) in [5, 5.41) is 11.6. The summed E-state index contributed by atoms with van der Waals surface area (Å²) in [6.45, 7) is 3.40. The van der Waals surface area contributed by atoms with E-state index in [1.807, 2.05) is 24.3 Å². The number of urea groups is 1. The molecule has 0 bridgehead atoms. The van der Waals surface area contributed by atoms with Gasteiger partial charge in [-0.3, -0.25) is 5.32 Å². The van der Waals surface area contributed by atoms with Gasteiger partial charge in [0.1, 0.15) is 5.51 Å². The smallest absolute Gasteiger partial charge is 0.320 e. The zero-order valence-corrected chi connectivity index (χ0v) is 14.0. The highest BCUT2D eigenvalue weighted by Gasteiger charge is 2.15. The molecule has 5 nitrogen and oxygen atoms in total. The number of rotatable bonds is 7. The van der Waals surface area contributed by atoms with Gasteiger partial charge in [-0.25, -0.2) is 4.79 Å². The molecule has 1 heterocycles. The van der Waals surface area contributed by atoms with Gasteiger partial charge < -0.3 is 4.90 Å². The van der Waals surface area contributed by atoms with Crippen molar-refractivity contribution in [3.05, 3.63) is 40.4 Å². The summed E-state index contributed by atoms with van der Waals surface area (Å²) in [7, 11) is 0. The Morgan fingerprint density at radius 3 is 2.73 bits per heavy atom. The molecule has 0 radical (unpaired) electrons. The second-order valence-electron chi connectivity index (χ2n) is 4.93. The average Bonchev–Trinajstić information content (AvgIpc) is 3.01. The van der Waals surface area contributed by atoms with E-state index in [4.69, 9.17) is 11.6 Å². The van der Waals surface area contributed by atoms with Gasteiger partial charge in [-0.2, -0.15) is 0 Å². The third-order valence-corrected chi connectivity index (χ3v) is 4.04. The van der Waals surface area contributed by atoms with Gasteiger partial charge in [0, 0.05) is 18.1 Å². The van der Waals surface area contributed by atoms with E-state index in [0.29, 0.717) is 23.2 Å². The number of benzene rings is 1. The van der Waals surface area contributed by atoms with Crippen molar-refractivity contribution >= 4 is 34.1 Å². The molecule has 7 heteroatoms. The fraction of sp³-hybridized carbons (Fsp3) is 0.400. The lowest BCUT2D eigenvalue weighted by atomic mass is 10.2. The number of unbranched alkanes of at least 4 members (excludes halogenated alkanes) is 2. The molecule has 0 unspecified atom stereocenters. The number of nitrogens with one attached hydrogen (secondary N) is 1. The lowest BCUT2D eigenvalue weighted by molar-refractivity contribution is 0.208. The normalized spacial score (nSPS) is 10.5. The molecule has 118 valence electrons. The molecule has 22 heavy (non-hydrogen) atoms. The number of hydrogen-bond acceptors (Lipinski definition) is 4. The Morgan fingerprint density at radius 2 is 2.09 bits per heavy atom. The highest BCUT2D eigenvalue weighted by molar-refractivity contribution is 7.13. The van der Waals surface area contributed by atoms with Crippen LogP contribution in [0, 0.1) is 0 Å². The standard InChI is InChI=1S/C15H19ClN4OS/c1-2-3-4-9-20(10-12-5-7-13(16)8-6-12)15(21)18-14-19-17-11-22-14/h5-8,11H,2-4,9-10H2,1H3,(H,18,19,21). The Hall–Kier alpha value is -1.66. The van der Waals surface area contributed by atoms with Crippen LogP contribution >= 0.6 is 22.9 Å². The molecule has 0 saturated heterocycles. The maximum Gasteiger partial charge on any atom is 0.323 e. The molecule has 2 aromatic rings. The first-order valence-electron chi connectivity index (χ1n) is 7.25. The number of aromatic nitrogens is 2. The average molecular weight is 339 g/mol. The van der Waals surface area contributed by atoms with Crippen molar-refractivity contribution < 1.29 is 4.79 Å². The molecule has 0 aliphatic rings. The summed E-state index contributed by atoms with van der Waals surface area (Å²) >= 11 is 7.21. The number of carbonyl (C=O) groups is 1. The number of halogens is 1. The van der Waals surface area contributed by atoms with Crippen molar-refractivity contribution in [1.29, 1.82) is 0 Å². The van der Waals surface area contributed by atoms with Crippen molar-refractivity contribution in [3.63, 3.8) is 0 Å². The van der Waals surface area contributed by atoms with E-state index in [1.54, 1.807) is 10.4 Å². The van der Waals surface area contributed by atoms with Crippen LogP contribution in [0.15, 0.2) is 29.8 Å². The summed E-state index contributed by atoms with van der Waals surface area (Å²) in [6, 6.07) is 7.40. The summed E-state index contributed by atoms with van der Waals surface area (Å²) in [5.41, 5.74) is 2.64. The molecule has 1 N–H and O–H groups in total. The zero-order chi connectivity index (χ0) is 15.8. The van der Waals surface area contributed by atoms with Gasteiger partial charge in [-0.1, -0.05) is 54.8 Å². The van der Waals surface area contributed by atoms with Gasteiger partial charge in [-0.15, -0.1) is 10.2 Å². The van der Waals surface area contributed by atoms with Crippen LogP contribution in [-0.4, -0.2) is 27.7 Å². The van der Waals surface area contributed by atoms with Gasteiger partial charge in [0.05, 0.1) is 0 Å². The second-order valence-corrected chi connectivity index (χ2v) is 6.20. The van der Waals surface area contributed by atoms with Crippen molar-refractivity contribution in [1.82, 2.24) is 15.1 Å². The Labute approximate surface area is 139 Å². The minimum Gasteiger partial charge on any atom is -0.320 e. The van der Waals surface area contributed by atoms with Crippen molar-refractivity contribution in [2.75, 3.05) is 11.9 Å². The van der Waals surface area contributed by atoms with Crippen LogP contribution in [0.5, 0.6) is 0 Å². The zero-order valence-electron chi connectivity index (χ0n) is 12.5. The number of amides is 2. The molecular weight excluding hydrogens is 320 g/mol. The second kappa shape index (κ2) is 8.70. The fourth-order valence-electron chi connectivity index (χ4n) is 2.01. The molecule has 1 aromatic carbocycles. The molecule has 0 spiro atoms. The maximum atomic E-state index is 12.4. The lowest BCUT2D eigenvalue weighted by Gasteiger charge is -2.22. The largest absolute Gasteiger partial charge is 0.323 e. The monoisotopic (exact) mass is 338 g/mol. The predicted molar refractivity (Wildman–Crippen MR) is 90.3 cm³/mol. The van der Waals surface area contributed by atoms with E-state index in [0.717, 1.165) is 24.8 Å². The van der Waals surface area contributed by atoms with Gasteiger partial charge in [-0.05, 0) is 24.1 Å². The summed E-state index contributed by atoms with van der Waals surface area (Å²) in [4.78, 5) is 14.2. The first kappa shape index (κ1) is 16.7. The van der Waals surface area contributed by atoms with Crippen LogP contribution in [0.4, 0.5) is 9.93 Å². The number of nitrogens with zero attached hydrogens (tertiary/aromatic N) is 3. The molecular formula is C15H19ClN4OS. The molecule has 0 aliphatic heterocycles. The first-order valence-corrected chi connectivity index (χ1v) is 8.51. The third-order valence-electron chi connectivity index (χ3n) is 3.18. The van der Waals surface area contributed by atoms with Gasteiger partial charge in [0.25, 0.3) is 0 Å². The van der Waals surface area contributed by atoms with E-state index in [1.165, 1.54) is 11.3 Å². The minimum absolute atomic E-state index is 0.150. The Morgan fingerprint density at radius 1 is 1.32 bits per heavy atom. The van der Waals surface area contributed by atoms with E-state index < -0.39 is 0 Å². The predicted octanol–water partition coefficient (Wildman–Crippen LogP) is 4.42. The first-order chi connectivity index (χ1) is 10.7. The summed E-state index contributed by atoms with van der Waals surface area (Å²) in [5.74, 6) is 0. The van der Waals surface area contributed by atoms with Crippen molar-refractivity contribution in [2.45, 2.75) is 32.7 Å². The molecule has 0 fully saturated rings. The number of hydrogen-bond donors (Lipinski definition) is 1. The van der Waals surface area contributed by atoms with Crippen LogP contribution < -0.4 is 5.32 Å². The van der Waals surface area contributed by atoms with Crippen molar-refractivity contribution in [2.24, 2.45) is 0 Å². The maximum absolute atomic E-state index is 12.4. The van der Waals surface area contributed by atoms with Crippen LogP contribution in [0.25, 0.3) is 0 Å². The molecule has 2 rings (SSSR count). The van der Waals surface area contributed by atoms with Gasteiger partial charge in [0.15, 0.2) is 0 Å². The highest BCUT2D eigenvalue weighted by atomic mass is 35.5. The molecule has 0 atom stereocenters. The Balaban J connectivity index is 2.00. The van der Waals surface area contributed by atoms with E-state index >= 15 is 0 Å². The SMILES string of the molecule is CCCCCN(Cc1ccc(Cl)cc1)C(=O)Nc1nncs1. The minimum atomic E-state index is -0.150. The van der Waals surface area contributed by atoms with E-state index in [9.17, 15) is 4.79 Å². The van der Waals surface area contributed by atoms with E-state index in [2.05, 4.69) is 22.4 Å². The summed E-state index contributed by atoms with van der Waals surface area (Å²) < 4.78 is 0. The number of carbonyl (C=O) groups excluding carboxylic acids is 1. The van der Waals surface area contributed by atoms with Crippen molar-refractivity contribution in [3.8, 4) is 0 Å². The van der Waals surface area contributed by atoms with Gasteiger partial charge >= 0.3 is 6.03 Å². The van der Waals surface area contributed by atoms with Crippen LogP contribution in [-0.2, 0) is 6.54 Å². The van der Waals surface area contributed by atoms with Crippen LogP contribution in [0.1, 0.15) is 31.7 Å². The van der Waals surface area contributed by atoms with Gasteiger partial charge in [0.2, 0.25) is 5.13 Å². The quantitative estimate of drug-likeness (QED) is 0.760. The number of anilines is 1. The lowest BCUT2D eigenvalue weighted by Crippen LogP contribution is -2.35. The van der Waals surface area contributed by atoms with Crippen LogP contribution in [0.3, 0.4) is 0 Å². The molecule has 1 aromatic heterocycles. The molecule has 2 amide bonds. The Kier molecular flexibility index (Phi) is 6.61. The van der Waals surface area contributed by atoms with E-state index in [-0.39, 0.29) is 6.03 Å². The third kappa shape index (κ3) is 5.27. The topological polar surface area (TPSA) is 58.1 Å². The van der Waals surface area contributed by atoms with Crippen LogP contribution in [0.2, 0.25) is 5.02 Å². The summed E-state index contributed by atoms with van der Waals surface area (Å²) in [6.07, 6.45) is 3.20.